The number of carbonyl (C=O) groups excluding carboxylic acids is 1. The number of nitrogens with one attached hydrogen (secondary N) is 2. The van der Waals surface area contributed by atoms with Crippen molar-refractivity contribution in [1.82, 2.24) is 10.6 Å². The van der Waals surface area contributed by atoms with Crippen LogP contribution in [0.2, 0.25) is 0 Å². The van der Waals surface area contributed by atoms with Crippen molar-refractivity contribution in [3.63, 3.8) is 0 Å². The molecule has 0 bridgehead atoms. The molecule has 1 aliphatic carbocycles. The fourth-order valence-electron chi connectivity index (χ4n) is 2.07. The van der Waals surface area contributed by atoms with Gasteiger partial charge in [0.25, 0.3) is 0 Å². The molecule has 2 N–H and O–H groups in total. The zero-order valence-electron chi connectivity index (χ0n) is 12.8. The van der Waals surface area contributed by atoms with Crippen molar-refractivity contribution in [1.29, 1.82) is 0 Å². The molecule has 1 saturated carbocycles. The highest BCUT2D eigenvalue weighted by atomic mass is 35.5. The third-order valence-electron chi connectivity index (χ3n) is 3.41. The van der Waals surface area contributed by atoms with E-state index in [0.717, 1.165) is 29.3 Å². The summed E-state index contributed by atoms with van der Waals surface area (Å²) in [6, 6.07) is 6.06. The Morgan fingerprint density at radius 3 is 2.81 bits per heavy atom. The van der Waals surface area contributed by atoms with E-state index in [2.05, 4.69) is 10.6 Å². The molecule has 5 heteroatoms. The largest absolute Gasteiger partial charge is 0.494 e. The van der Waals surface area contributed by atoms with Crippen LogP contribution in [0.5, 0.6) is 5.75 Å². The first-order chi connectivity index (χ1) is 9.69. The molecule has 0 spiro atoms. The maximum Gasteiger partial charge on any atom is 0.234 e. The summed E-state index contributed by atoms with van der Waals surface area (Å²) in [5.41, 5.74) is 2.18. The molecule has 0 unspecified atom stereocenters. The Bertz CT molecular complexity index is 462. The molecule has 1 aromatic rings. The third kappa shape index (κ3) is 6.36. The van der Waals surface area contributed by atoms with Crippen LogP contribution >= 0.6 is 12.4 Å². The summed E-state index contributed by atoms with van der Waals surface area (Å²) in [7, 11) is 0. The van der Waals surface area contributed by atoms with Gasteiger partial charge < -0.3 is 15.4 Å². The van der Waals surface area contributed by atoms with E-state index < -0.39 is 0 Å². The molecule has 4 nitrogen and oxygen atoms in total. The summed E-state index contributed by atoms with van der Waals surface area (Å²) >= 11 is 0. The average molecular weight is 313 g/mol. The monoisotopic (exact) mass is 312 g/mol. The first-order valence-corrected chi connectivity index (χ1v) is 7.38. The number of rotatable bonds is 8. The van der Waals surface area contributed by atoms with Crippen LogP contribution < -0.4 is 15.4 Å². The van der Waals surface area contributed by atoms with Crippen molar-refractivity contribution in [2.75, 3.05) is 19.7 Å². The van der Waals surface area contributed by atoms with Crippen LogP contribution in [-0.2, 0) is 11.3 Å². The average Bonchev–Trinajstić information content (AvgIpc) is 3.22. The lowest BCUT2D eigenvalue weighted by atomic mass is 10.1. The van der Waals surface area contributed by atoms with Gasteiger partial charge in [-0.15, -0.1) is 12.4 Å². The Labute approximate surface area is 133 Å². The first kappa shape index (κ1) is 17.8. The standard InChI is InChI=1S/C16H24N2O2.ClH/c1-3-20-15-8-12(2)4-7-14(15)10-18-16(19)11-17-9-13-5-6-13;/h4,7-8,13,17H,3,5-6,9-11H2,1-2H3,(H,18,19);1H. The van der Waals surface area contributed by atoms with Crippen molar-refractivity contribution < 1.29 is 9.53 Å². The number of ether oxygens (including phenoxy) is 1. The normalized spacial score (nSPS) is 13.4. The molecule has 0 aliphatic heterocycles. The molecule has 0 saturated heterocycles. The van der Waals surface area contributed by atoms with Gasteiger partial charge in [0.1, 0.15) is 5.75 Å². The minimum atomic E-state index is 0. The molecule has 21 heavy (non-hydrogen) atoms. The van der Waals surface area contributed by atoms with Crippen molar-refractivity contribution in [2.45, 2.75) is 33.2 Å². The Hall–Kier alpha value is -1.26. The van der Waals surface area contributed by atoms with Gasteiger partial charge in [0.15, 0.2) is 0 Å². The van der Waals surface area contributed by atoms with Crippen LogP contribution in [0.25, 0.3) is 0 Å². The van der Waals surface area contributed by atoms with E-state index in [9.17, 15) is 4.79 Å². The summed E-state index contributed by atoms with van der Waals surface area (Å²) in [6.07, 6.45) is 2.60. The van der Waals surface area contributed by atoms with E-state index in [1.54, 1.807) is 0 Å². The smallest absolute Gasteiger partial charge is 0.234 e. The van der Waals surface area contributed by atoms with Gasteiger partial charge in [-0.3, -0.25) is 4.79 Å². The SMILES string of the molecule is CCOc1cc(C)ccc1CNC(=O)CNCC1CC1.Cl. The van der Waals surface area contributed by atoms with Crippen molar-refractivity contribution >= 4 is 18.3 Å². The van der Waals surface area contributed by atoms with Crippen LogP contribution in [0.15, 0.2) is 18.2 Å². The number of hydrogen-bond acceptors (Lipinski definition) is 3. The second-order valence-corrected chi connectivity index (χ2v) is 5.40. The number of carbonyl (C=O) groups is 1. The van der Waals surface area contributed by atoms with Crippen molar-refractivity contribution in [2.24, 2.45) is 5.92 Å². The lowest BCUT2D eigenvalue weighted by Crippen LogP contribution is -2.34. The van der Waals surface area contributed by atoms with Crippen LogP contribution in [0.4, 0.5) is 0 Å². The van der Waals surface area contributed by atoms with Gasteiger partial charge in [0.2, 0.25) is 5.91 Å². The third-order valence-corrected chi connectivity index (χ3v) is 3.41. The number of amides is 1. The number of aryl methyl sites for hydroxylation is 1. The molecule has 1 aromatic carbocycles. The number of hydrogen-bond donors (Lipinski definition) is 2. The quantitative estimate of drug-likeness (QED) is 0.775. The van der Waals surface area contributed by atoms with E-state index in [1.807, 2.05) is 32.0 Å². The summed E-state index contributed by atoms with van der Waals surface area (Å²) in [5, 5.41) is 6.12. The van der Waals surface area contributed by atoms with Crippen LogP contribution in [0.1, 0.15) is 30.9 Å². The highest BCUT2D eigenvalue weighted by molar-refractivity contribution is 5.85. The summed E-state index contributed by atoms with van der Waals surface area (Å²) in [4.78, 5) is 11.7. The van der Waals surface area contributed by atoms with Gasteiger partial charge in [-0.25, -0.2) is 0 Å². The Kier molecular flexibility index (Phi) is 7.54. The van der Waals surface area contributed by atoms with Gasteiger partial charge >= 0.3 is 0 Å². The molecule has 0 radical (unpaired) electrons. The Balaban J connectivity index is 0.00000220. The fraction of sp³-hybridized carbons (Fsp3) is 0.562. The molecule has 1 aliphatic rings. The topological polar surface area (TPSA) is 50.4 Å². The van der Waals surface area contributed by atoms with E-state index in [1.165, 1.54) is 12.8 Å². The molecule has 118 valence electrons. The highest BCUT2D eigenvalue weighted by Crippen LogP contribution is 2.27. The number of benzene rings is 1. The Morgan fingerprint density at radius 2 is 2.14 bits per heavy atom. The predicted octanol–water partition coefficient (Wildman–Crippen LogP) is 2.43. The maximum atomic E-state index is 11.7. The zero-order chi connectivity index (χ0) is 14.4. The summed E-state index contributed by atoms with van der Waals surface area (Å²) in [5.74, 6) is 1.69. The molecule has 0 atom stereocenters. The molecule has 1 fully saturated rings. The lowest BCUT2D eigenvalue weighted by molar-refractivity contribution is -0.120. The summed E-state index contributed by atoms with van der Waals surface area (Å²) in [6.45, 7) is 6.50. The van der Waals surface area contributed by atoms with E-state index in [-0.39, 0.29) is 18.3 Å². The van der Waals surface area contributed by atoms with Gasteiger partial charge in [0.05, 0.1) is 13.2 Å². The number of halogens is 1. The van der Waals surface area contributed by atoms with Crippen molar-refractivity contribution in [3.05, 3.63) is 29.3 Å². The second kappa shape index (κ2) is 8.90. The maximum absolute atomic E-state index is 11.7. The minimum Gasteiger partial charge on any atom is -0.494 e. The first-order valence-electron chi connectivity index (χ1n) is 7.38. The summed E-state index contributed by atoms with van der Waals surface area (Å²) < 4.78 is 5.60. The van der Waals surface area contributed by atoms with E-state index in [4.69, 9.17) is 4.74 Å². The van der Waals surface area contributed by atoms with Gasteiger partial charge in [0, 0.05) is 12.1 Å². The Morgan fingerprint density at radius 1 is 1.38 bits per heavy atom. The van der Waals surface area contributed by atoms with Crippen LogP contribution in [-0.4, -0.2) is 25.6 Å². The van der Waals surface area contributed by atoms with E-state index >= 15 is 0 Å². The van der Waals surface area contributed by atoms with Gasteiger partial charge in [-0.1, -0.05) is 12.1 Å². The van der Waals surface area contributed by atoms with Gasteiger partial charge in [-0.2, -0.15) is 0 Å². The molecular formula is C16H25ClN2O2. The molecule has 0 aromatic heterocycles. The van der Waals surface area contributed by atoms with Gasteiger partial charge in [-0.05, 0) is 50.8 Å². The lowest BCUT2D eigenvalue weighted by Gasteiger charge is -2.12. The van der Waals surface area contributed by atoms with Crippen molar-refractivity contribution in [3.8, 4) is 5.75 Å². The predicted molar refractivity (Wildman–Crippen MR) is 87.0 cm³/mol. The minimum absolute atomic E-state index is 0. The van der Waals surface area contributed by atoms with Crippen LogP contribution in [0, 0.1) is 12.8 Å². The molecule has 1 amide bonds. The van der Waals surface area contributed by atoms with E-state index in [0.29, 0.717) is 19.7 Å². The molecule has 0 heterocycles. The van der Waals surface area contributed by atoms with Crippen LogP contribution in [0.3, 0.4) is 0 Å². The second-order valence-electron chi connectivity index (χ2n) is 5.40. The molecule has 2 rings (SSSR count). The fourth-order valence-corrected chi connectivity index (χ4v) is 2.07. The highest BCUT2D eigenvalue weighted by Gasteiger charge is 2.20. The molecular weight excluding hydrogens is 288 g/mol. The zero-order valence-corrected chi connectivity index (χ0v) is 13.6.